The number of hydrogen-bond donors (Lipinski definition) is 1. The molecule has 1 unspecified atom stereocenters. The molecular formula is C18H11ClF4O4. The zero-order valence-electron chi connectivity index (χ0n) is 13.6. The molecule has 0 amide bonds. The van der Waals surface area contributed by atoms with Gasteiger partial charge in [-0.05, 0) is 42.8 Å². The van der Waals surface area contributed by atoms with Gasteiger partial charge in [-0.3, -0.25) is 0 Å². The van der Waals surface area contributed by atoms with Gasteiger partial charge in [0.2, 0.25) is 6.10 Å². The SMILES string of the molecule is Cc1cc(F)ccc1Oc1cc2c(cc1Cl)C=C(C(=O)O)C(C(F)(F)F)O2. The summed E-state index contributed by atoms with van der Waals surface area (Å²) in [5.41, 5.74) is -0.430. The normalized spacial score (nSPS) is 16.2. The summed E-state index contributed by atoms with van der Waals surface area (Å²) in [4.78, 5) is 11.1. The molecule has 142 valence electrons. The second kappa shape index (κ2) is 6.77. The van der Waals surface area contributed by atoms with E-state index in [1.54, 1.807) is 6.92 Å². The number of carbonyl (C=O) groups is 1. The van der Waals surface area contributed by atoms with Gasteiger partial charge in [0, 0.05) is 11.6 Å². The third-order valence-electron chi connectivity index (χ3n) is 3.80. The van der Waals surface area contributed by atoms with Crippen molar-refractivity contribution in [2.24, 2.45) is 0 Å². The molecule has 1 N–H and O–H groups in total. The number of carboxylic acids is 1. The Labute approximate surface area is 155 Å². The van der Waals surface area contributed by atoms with Crippen molar-refractivity contribution < 1.29 is 36.9 Å². The largest absolute Gasteiger partial charge is 0.478 e. The van der Waals surface area contributed by atoms with Crippen LogP contribution >= 0.6 is 11.6 Å². The maximum atomic E-state index is 13.2. The van der Waals surface area contributed by atoms with Crippen molar-refractivity contribution in [1.29, 1.82) is 0 Å². The minimum Gasteiger partial charge on any atom is -0.478 e. The van der Waals surface area contributed by atoms with E-state index in [1.165, 1.54) is 18.2 Å². The van der Waals surface area contributed by atoms with E-state index >= 15 is 0 Å². The molecule has 2 aromatic carbocycles. The number of alkyl halides is 3. The van der Waals surface area contributed by atoms with Gasteiger partial charge >= 0.3 is 12.1 Å². The fourth-order valence-electron chi connectivity index (χ4n) is 2.54. The molecular weight excluding hydrogens is 392 g/mol. The molecule has 0 aliphatic carbocycles. The van der Waals surface area contributed by atoms with Gasteiger partial charge < -0.3 is 14.6 Å². The molecule has 4 nitrogen and oxygen atoms in total. The number of carboxylic acid groups (broad SMARTS) is 1. The maximum absolute atomic E-state index is 13.2. The first-order valence-corrected chi connectivity index (χ1v) is 7.90. The second-order valence-corrected chi connectivity index (χ2v) is 6.18. The first kappa shape index (κ1) is 19.0. The van der Waals surface area contributed by atoms with E-state index in [0.29, 0.717) is 5.56 Å². The van der Waals surface area contributed by atoms with Gasteiger partial charge in [-0.2, -0.15) is 13.2 Å². The van der Waals surface area contributed by atoms with Gasteiger partial charge in [0.15, 0.2) is 0 Å². The fourth-order valence-corrected chi connectivity index (χ4v) is 2.75. The average Bonchev–Trinajstić information content (AvgIpc) is 2.55. The van der Waals surface area contributed by atoms with Crippen LogP contribution in [0.5, 0.6) is 17.2 Å². The Morgan fingerprint density at radius 3 is 2.52 bits per heavy atom. The van der Waals surface area contributed by atoms with Crippen LogP contribution in [0.1, 0.15) is 11.1 Å². The molecule has 27 heavy (non-hydrogen) atoms. The van der Waals surface area contributed by atoms with E-state index in [-0.39, 0.29) is 27.8 Å². The van der Waals surface area contributed by atoms with Crippen molar-refractivity contribution in [2.45, 2.75) is 19.2 Å². The number of halogens is 5. The molecule has 1 aliphatic rings. The summed E-state index contributed by atoms with van der Waals surface area (Å²) in [5, 5.41) is 9.05. The van der Waals surface area contributed by atoms with Crippen LogP contribution in [0.3, 0.4) is 0 Å². The van der Waals surface area contributed by atoms with Crippen LogP contribution in [-0.2, 0) is 4.79 Å². The van der Waals surface area contributed by atoms with E-state index in [1.807, 2.05) is 0 Å². The molecule has 0 saturated heterocycles. The lowest BCUT2D eigenvalue weighted by atomic mass is 10.0. The summed E-state index contributed by atoms with van der Waals surface area (Å²) in [6.07, 6.45) is -6.68. The Morgan fingerprint density at radius 1 is 1.22 bits per heavy atom. The number of aryl methyl sites for hydroxylation is 1. The number of rotatable bonds is 3. The fraction of sp³-hybridized carbons (Fsp3) is 0.167. The lowest BCUT2D eigenvalue weighted by Gasteiger charge is -2.27. The summed E-state index contributed by atoms with van der Waals surface area (Å²) in [6, 6.07) is 6.10. The number of fused-ring (bicyclic) bond motifs is 1. The highest BCUT2D eigenvalue weighted by atomic mass is 35.5. The number of hydrogen-bond acceptors (Lipinski definition) is 3. The maximum Gasteiger partial charge on any atom is 0.430 e. The van der Waals surface area contributed by atoms with Crippen molar-refractivity contribution in [3.05, 3.63) is 57.9 Å². The minimum atomic E-state index is -4.92. The van der Waals surface area contributed by atoms with Gasteiger partial charge in [0.05, 0.1) is 10.6 Å². The molecule has 0 bridgehead atoms. The molecule has 3 rings (SSSR count). The highest BCUT2D eigenvalue weighted by molar-refractivity contribution is 6.32. The Hall–Kier alpha value is -2.74. The number of aliphatic carboxylic acids is 1. The molecule has 0 aromatic heterocycles. The summed E-state index contributed by atoms with van der Waals surface area (Å²) >= 11 is 6.09. The van der Waals surface area contributed by atoms with E-state index < -0.39 is 29.6 Å². The molecule has 1 atom stereocenters. The molecule has 1 aliphatic heterocycles. The molecule has 0 spiro atoms. The van der Waals surface area contributed by atoms with Crippen molar-refractivity contribution in [3.63, 3.8) is 0 Å². The first-order valence-electron chi connectivity index (χ1n) is 7.52. The summed E-state index contributed by atoms with van der Waals surface area (Å²) in [5.74, 6) is -2.22. The van der Waals surface area contributed by atoms with Crippen molar-refractivity contribution in [3.8, 4) is 17.2 Å². The lowest BCUT2D eigenvalue weighted by molar-refractivity contribution is -0.187. The van der Waals surface area contributed by atoms with Crippen molar-refractivity contribution in [2.75, 3.05) is 0 Å². The summed E-state index contributed by atoms with van der Waals surface area (Å²) < 4.78 is 63.0. The number of ether oxygens (including phenoxy) is 2. The Kier molecular flexibility index (Phi) is 4.77. The van der Waals surface area contributed by atoms with Gasteiger partial charge in [-0.1, -0.05) is 11.6 Å². The predicted octanol–water partition coefficient (Wildman–Crippen LogP) is 5.37. The Balaban J connectivity index is 2.02. The highest BCUT2D eigenvalue weighted by Crippen LogP contribution is 2.42. The van der Waals surface area contributed by atoms with Crippen LogP contribution in [-0.4, -0.2) is 23.4 Å². The van der Waals surface area contributed by atoms with Crippen LogP contribution < -0.4 is 9.47 Å². The van der Waals surface area contributed by atoms with Crippen LogP contribution in [0.4, 0.5) is 17.6 Å². The van der Waals surface area contributed by atoms with Crippen LogP contribution in [0.15, 0.2) is 35.9 Å². The zero-order chi connectivity index (χ0) is 19.9. The van der Waals surface area contributed by atoms with Gasteiger partial charge in [-0.15, -0.1) is 0 Å². The quantitative estimate of drug-likeness (QED) is 0.701. The first-order chi connectivity index (χ1) is 12.6. The zero-order valence-corrected chi connectivity index (χ0v) is 14.4. The smallest absolute Gasteiger partial charge is 0.430 e. The van der Waals surface area contributed by atoms with Crippen molar-refractivity contribution in [1.82, 2.24) is 0 Å². The molecule has 2 aromatic rings. The van der Waals surface area contributed by atoms with Gasteiger partial charge in [-0.25, -0.2) is 9.18 Å². The predicted molar refractivity (Wildman–Crippen MR) is 88.7 cm³/mol. The molecule has 0 fully saturated rings. The third kappa shape index (κ3) is 3.85. The van der Waals surface area contributed by atoms with Gasteiger partial charge in [0.1, 0.15) is 23.1 Å². The summed E-state index contributed by atoms with van der Waals surface area (Å²) in [7, 11) is 0. The van der Waals surface area contributed by atoms with Crippen LogP contribution in [0.2, 0.25) is 5.02 Å². The van der Waals surface area contributed by atoms with E-state index in [9.17, 15) is 22.4 Å². The topological polar surface area (TPSA) is 55.8 Å². The minimum absolute atomic E-state index is 0.0155. The summed E-state index contributed by atoms with van der Waals surface area (Å²) in [6.45, 7) is 1.59. The molecule has 0 radical (unpaired) electrons. The van der Waals surface area contributed by atoms with E-state index in [2.05, 4.69) is 0 Å². The van der Waals surface area contributed by atoms with Crippen molar-refractivity contribution >= 4 is 23.6 Å². The Morgan fingerprint density at radius 2 is 1.93 bits per heavy atom. The molecule has 0 saturated carbocycles. The number of benzene rings is 2. The molecule has 1 heterocycles. The molecule has 9 heteroatoms. The second-order valence-electron chi connectivity index (χ2n) is 5.78. The van der Waals surface area contributed by atoms with E-state index in [0.717, 1.165) is 18.2 Å². The third-order valence-corrected chi connectivity index (χ3v) is 4.10. The highest BCUT2D eigenvalue weighted by Gasteiger charge is 2.48. The van der Waals surface area contributed by atoms with Crippen LogP contribution in [0, 0.1) is 12.7 Å². The van der Waals surface area contributed by atoms with E-state index in [4.69, 9.17) is 26.2 Å². The standard InChI is InChI=1S/C18H11ClF4O4/c1-8-4-10(20)2-3-13(8)26-15-7-14-9(6-12(15)19)5-11(17(24)25)16(27-14)18(21,22)23/h2-7,16H,1H3,(H,24,25). The Bertz CT molecular complexity index is 953. The average molecular weight is 403 g/mol. The monoisotopic (exact) mass is 402 g/mol. The van der Waals surface area contributed by atoms with Gasteiger partial charge in [0.25, 0.3) is 0 Å². The lowest BCUT2D eigenvalue weighted by Crippen LogP contribution is -2.40. The van der Waals surface area contributed by atoms with Crippen LogP contribution in [0.25, 0.3) is 6.08 Å².